The summed E-state index contributed by atoms with van der Waals surface area (Å²) in [7, 11) is 0. The number of carbonyl (C=O) groups excluding carboxylic acids is 1. The number of rotatable bonds is 9. The van der Waals surface area contributed by atoms with Gasteiger partial charge in [0.05, 0.1) is 11.6 Å². The molecule has 0 unspecified atom stereocenters. The Morgan fingerprint density at radius 1 is 1.17 bits per heavy atom. The topological polar surface area (TPSA) is 130 Å². The van der Waals surface area contributed by atoms with E-state index in [9.17, 15) is 14.7 Å². The van der Waals surface area contributed by atoms with Gasteiger partial charge in [0.2, 0.25) is 0 Å². The molecule has 1 saturated heterocycles. The van der Waals surface area contributed by atoms with Gasteiger partial charge >= 0.3 is 5.97 Å². The minimum atomic E-state index is -0.869. The smallest absolute Gasteiger partial charge is 0.303 e. The van der Waals surface area contributed by atoms with E-state index in [1.807, 2.05) is 48.7 Å². The number of aliphatic carboxylic acids is 1. The fourth-order valence-electron chi connectivity index (χ4n) is 4.47. The number of nitrogen functional groups attached to an aromatic ring is 1. The third kappa shape index (κ3) is 5.85. The Hall–Kier alpha value is -3.85. The number of amidine groups is 1. The van der Waals surface area contributed by atoms with E-state index in [0.717, 1.165) is 16.0 Å². The average molecular weight is 505 g/mol. The summed E-state index contributed by atoms with van der Waals surface area (Å²) in [5.74, 6) is -0.422. The maximum atomic E-state index is 13.1. The molecule has 2 heterocycles. The van der Waals surface area contributed by atoms with Crippen LogP contribution in [-0.2, 0) is 4.79 Å². The molecule has 1 aromatic heterocycles. The Balaban J connectivity index is 1.50. The Bertz CT molecular complexity index is 1250. The first-order valence-corrected chi connectivity index (χ1v) is 12.8. The van der Waals surface area contributed by atoms with Crippen molar-refractivity contribution in [3.05, 3.63) is 78.1 Å². The molecule has 0 saturated carbocycles. The van der Waals surface area contributed by atoms with Gasteiger partial charge in [-0.3, -0.25) is 20.0 Å². The molecule has 8 nitrogen and oxygen atoms in total. The van der Waals surface area contributed by atoms with Crippen molar-refractivity contribution in [1.82, 2.24) is 9.88 Å². The second-order valence-corrected chi connectivity index (χ2v) is 9.57. The molecule has 0 spiro atoms. The summed E-state index contributed by atoms with van der Waals surface area (Å²) in [5.41, 5.74) is 8.72. The van der Waals surface area contributed by atoms with Gasteiger partial charge in [-0.15, -0.1) is 11.8 Å². The van der Waals surface area contributed by atoms with Crippen LogP contribution in [0.1, 0.15) is 28.8 Å². The molecular formula is C27H28N4O4S. The molecule has 1 amide bonds. The lowest BCUT2D eigenvalue weighted by Crippen LogP contribution is -2.39. The van der Waals surface area contributed by atoms with E-state index in [-0.39, 0.29) is 36.7 Å². The minimum Gasteiger partial charge on any atom is -0.490 e. The number of thioether (sulfide) groups is 1. The van der Waals surface area contributed by atoms with Gasteiger partial charge in [-0.2, -0.15) is 0 Å². The number of benzene rings is 2. The Kier molecular flexibility index (Phi) is 7.90. The second-order valence-electron chi connectivity index (χ2n) is 8.72. The van der Waals surface area contributed by atoms with Crippen LogP contribution in [0.25, 0.3) is 11.1 Å². The predicted octanol–water partition coefficient (Wildman–Crippen LogP) is 4.14. The van der Waals surface area contributed by atoms with Crippen LogP contribution < -0.4 is 10.5 Å². The van der Waals surface area contributed by atoms with E-state index in [0.29, 0.717) is 29.8 Å². The molecule has 4 N–H and O–H groups in total. The third-order valence-corrected chi connectivity index (χ3v) is 7.02. The summed E-state index contributed by atoms with van der Waals surface area (Å²) >= 11 is 1.56. The number of aromatic nitrogens is 1. The normalized spacial score (nSPS) is 17.1. The highest BCUT2D eigenvalue weighted by molar-refractivity contribution is 7.98. The quantitative estimate of drug-likeness (QED) is 0.227. The predicted molar refractivity (Wildman–Crippen MR) is 140 cm³/mol. The van der Waals surface area contributed by atoms with Gasteiger partial charge in [-0.25, -0.2) is 0 Å². The fourth-order valence-corrected chi connectivity index (χ4v) is 5.04. The second kappa shape index (κ2) is 11.3. The minimum absolute atomic E-state index is 0.0144. The van der Waals surface area contributed by atoms with Crippen LogP contribution in [-0.4, -0.2) is 58.2 Å². The molecule has 2 atom stereocenters. The molecule has 4 rings (SSSR count). The first-order chi connectivity index (χ1) is 17.4. The lowest BCUT2D eigenvalue weighted by atomic mass is 10.0. The van der Waals surface area contributed by atoms with Gasteiger partial charge in [-0.05, 0) is 54.0 Å². The molecule has 0 radical (unpaired) electrons. The van der Waals surface area contributed by atoms with E-state index in [4.69, 9.17) is 15.9 Å². The molecule has 1 aliphatic heterocycles. The number of nitrogens with two attached hydrogens (primary N) is 1. The van der Waals surface area contributed by atoms with Crippen LogP contribution in [0.2, 0.25) is 0 Å². The molecular weight excluding hydrogens is 476 g/mol. The van der Waals surface area contributed by atoms with Crippen molar-refractivity contribution in [1.29, 1.82) is 5.41 Å². The van der Waals surface area contributed by atoms with Crippen LogP contribution >= 0.6 is 11.8 Å². The number of nitrogens with zero attached hydrogens (tertiary/aromatic N) is 2. The summed E-state index contributed by atoms with van der Waals surface area (Å²) in [5, 5.41) is 16.8. The van der Waals surface area contributed by atoms with E-state index >= 15 is 0 Å². The zero-order chi connectivity index (χ0) is 25.7. The molecule has 0 aliphatic carbocycles. The van der Waals surface area contributed by atoms with E-state index in [1.54, 1.807) is 35.0 Å². The van der Waals surface area contributed by atoms with Gasteiger partial charge in [0.15, 0.2) is 0 Å². The van der Waals surface area contributed by atoms with Crippen molar-refractivity contribution >= 4 is 29.5 Å². The molecule has 186 valence electrons. The number of nitrogens with one attached hydrogen (secondary N) is 1. The summed E-state index contributed by atoms with van der Waals surface area (Å²) in [6.07, 6.45) is 5.69. The number of hydrogen-bond donors (Lipinski definition) is 3. The van der Waals surface area contributed by atoms with Crippen LogP contribution in [0.4, 0.5) is 0 Å². The molecule has 1 fully saturated rings. The highest BCUT2D eigenvalue weighted by Crippen LogP contribution is 2.34. The molecule has 2 aromatic carbocycles. The van der Waals surface area contributed by atoms with Crippen molar-refractivity contribution in [2.45, 2.75) is 23.8 Å². The van der Waals surface area contributed by atoms with Crippen molar-refractivity contribution in [3.8, 4) is 16.9 Å². The van der Waals surface area contributed by atoms with Crippen molar-refractivity contribution in [2.24, 2.45) is 11.7 Å². The van der Waals surface area contributed by atoms with Crippen LogP contribution in [0, 0.1) is 11.3 Å². The number of carboxylic acids is 1. The number of ether oxygens (including phenoxy) is 1. The van der Waals surface area contributed by atoms with E-state index in [1.165, 1.54) is 6.20 Å². The zero-order valence-electron chi connectivity index (χ0n) is 19.9. The van der Waals surface area contributed by atoms with E-state index in [2.05, 4.69) is 4.98 Å². The largest absolute Gasteiger partial charge is 0.490 e. The summed E-state index contributed by atoms with van der Waals surface area (Å²) < 4.78 is 6.20. The van der Waals surface area contributed by atoms with Gasteiger partial charge in [0.1, 0.15) is 18.2 Å². The summed E-state index contributed by atoms with van der Waals surface area (Å²) in [6.45, 7) is 0.640. The number of carboxylic acid groups (broad SMARTS) is 1. The van der Waals surface area contributed by atoms with Crippen molar-refractivity contribution in [2.75, 3.05) is 19.4 Å². The summed E-state index contributed by atoms with van der Waals surface area (Å²) in [4.78, 5) is 31.2. The lowest BCUT2D eigenvalue weighted by Gasteiger charge is -2.25. The van der Waals surface area contributed by atoms with E-state index < -0.39 is 5.97 Å². The number of carbonyl (C=O) groups is 2. The Morgan fingerprint density at radius 2 is 1.92 bits per heavy atom. The molecule has 0 bridgehead atoms. The van der Waals surface area contributed by atoms with Crippen LogP contribution in [0.3, 0.4) is 0 Å². The number of pyridine rings is 1. The highest BCUT2D eigenvalue weighted by Gasteiger charge is 2.37. The number of hydrogen-bond acceptors (Lipinski definition) is 6. The van der Waals surface area contributed by atoms with Gasteiger partial charge in [0.25, 0.3) is 5.91 Å². The standard InChI is InChI=1S/C27H28N4O4S/c1-36-24-13-20(18-4-6-19(7-5-18)26(28)29)8-9-23(24)35-16-22-11-17(12-25(32)33)15-31(22)27(34)21-3-2-10-30-14-21/h2-10,13-14,17,22H,11-12,15-16H2,1H3,(H3,28,29)(H,32,33)/t17-,22-/m0/s1. The molecule has 3 aromatic rings. The van der Waals surface area contributed by atoms with Crippen LogP contribution in [0.5, 0.6) is 5.75 Å². The van der Waals surface area contributed by atoms with Gasteiger partial charge < -0.3 is 20.5 Å². The maximum absolute atomic E-state index is 13.1. The molecule has 9 heteroatoms. The Labute approximate surface area is 214 Å². The van der Waals surface area contributed by atoms with Gasteiger partial charge in [0, 0.05) is 35.8 Å². The fraction of sp³-hybridized carbons (Fsp3) is 0.259. The van der Waals surface area contributed by atoms with Crippen molar-refractivity contribution < 1.29 is 19.4 Å². The number of amides is 1. The monoisotopic (exact) mass is 504 g/mol. The first kappa shape index (κ1) is 25.2. The average Bonchev–Trinajstić information content (AvgIpc) is 3.29. The SMILES string of the molecule is CSc1cc(-c2ccc(C(=N)N)cc2)ccc1OC[C@@H]1C[C@@H](CC(=O)O)CN1C(=O)c1cccnc1. The Morgan fingerprint density at radius 3 is 2.56 bits per heavy atom. The maximum Gasteiger partial charge on any atom is 0.303 e. The third-order valence-electron chi connectivity index (χ3n) is 6.26. The lowest BCUT2D eigenvalue weighted by molar-refractivity contribution is -0.138. The number of likely N-dealkylation sites (tertiary alicyclic amines) is 1. The summed E-state index contributed by atoms with van der Waals surface area (Å²) in [6, 6.07) is 16.6. The molecule has 1 aliphatic rings. The van der Waals surface area contributed by atoms with Crippen molar-refractivity contribution in [3.63, 3.8) is 0 Å². The highest BCUT2D eigenvalue weighted by atomic mass is 32.2. The van der Waals surface area contributed by atoms with Crippen LogP contribution in [0.15, 0.2) is 71.9 Å². The van der Waals surface area contributed by atoms with Gasteiger partial charge in [-0.1, -0.05) is 30.3 Å². The zero-order valence-corrected chi connectivity index (χ0v) is 20.7. The molecule has 36 heavy (non-hydrogen) atoms. The first-order valence-electron chi connectivity index (χ1n) is 11.5.